The molecule has 0 aliphatic carbocycles. The summed E-state index contributed by atoms with van der Waals surface area (Å²) in [5, 5.41) is 10.1. The molecule has 17 heavy (non-hydrogen) atoms. The van der Waals surface area contributed by atoms with Gasteiger partial charge < -0.3 is 9.84 Å². The number of carbonyl (C=O) groups excluding carboxylic acids is 1. The molecule has 0 radical (unpaired) electrons. The summed E-state index contributed by atoms with van der Waals surface area (Å²) in [5.74, 6) is 0.209. The topological polar surface area (TPSA) is 46.5 Å². The predicted molar refractivity (Wildman–Crippen MR) is 67.3 cm³/mol. The molecule has 1 atom stereocenters. The van der Waals surface area contributed by atoms with Gasteiger partial charge in [0.05, 0.1) is 7.11 Å². The van der Waals surface area contributed by atoms with Crippen LogP contribution in [-0.2, 0) is 4.79 Å². The lowest BCUT2D eigenvalue weighted by molar-refractivity contribution is -0.130. The minimum atomic E-state index is -1.11. The zero-order valence-corrected chi connectivity index (χ0v) is 11.1. The zero-order chi connectivity index (χ0) is 13.2. The van der Waals surface area contributed by atoms with Crippen LogP contribution in [0, 0.1) is 19.8 Å². The second kappa shape index (κ2) is 5.32. The van der Waals surface area contributed by atoms with E-state index in [0.29, 0.717) is 11.3 Å². The van der Waals surface area contributed by atoms with Gasteiger partial charge in [-0.1, -0.05) is 25.5 Å². The van der Waals surface area contributed by atoms with E-state index in [0.717, 1.165) is 11.1 Å². The Kier molecular flexibility index (Phi) is 4.29. The summed E-state index contributed by atoms with van der Waals surface area (Å²) >= 11 is 0. The Morgan fingerprint density at radius 1 is 1.29 bits per heavy atom. The van der Waals surface area contributed by atoms with E-state index in [4.69, 9.17) is 4.74 Å². The van der Waals surface area contributed by atoms with Crippen molar-refractivity contribution in [1.82, 2.24) is 0 Å². The lowest BCUT2D eigenvalue weighted by Gasteiger charge is -2.18. The minimum absolute atomic E-state index is 0.187. The number of carbonyl (C=O) groups is 1. The number of ketones is 1. The van der Waals surface area contributed by atoms with Crippen molar-refractivity contribution in [3.05, 3.63) is 28.8 Å². The number of hydrogen-bond donors (Lipinski definition) is 1. The molecule has 0 bridgehead atoms. The Balaban J connectivity index is 3.25. The number of aliphatic hydroxyl groups excluding tert-OH is 1. The van der Waals surface area contributed by atoms with Crippen LogP contribution in [0.1, 0.15) is 36.6 Å². The molecule has 1 aromatic carbocycles. The third-order valence-corrected chi connectivity index (χ3v) is 2.78. The number of aryl methyl sites for hydroxylation is 2. The third-order valence-electron chi connectivity index (χ3n) is 2.78. The van der Waals surface area contributed by atoms with Gasteiger partial charge in [0.2, 0.25) is 0 Å². The van der Waals surface area contributed by atoms with Crippen LogP contribution in [-0.4, -0.2) is 18.0 Å². The van der Waals surface area contributed by atoms with Gasteiger partial charge in [-0.2, -0.15) is 0 Å². The summed E-state index contributed by atoms with van der Waals surface area (Å²) in [4.78, 5) is 11.8. The molecule has 0 fully saturated rings. The van der Waals surface area contributed by atoms with E-state index >= 15 is 0 Å². The highest BCUT2D eigenvalue weighted by Gasteiger charge is 2.24. The number of ether oxygens (including phenoxy) is 1. The van der Waals surface area contributed by atoms with E-state index in [1.54, 1.807) is 27.0 Å². The van der Waals surface area contributed by atoms with Gasteiger partial charge >= 0.3 is 0 Å². The van der Waals surface area contributed by atoms with Gasteiger partial charge in [0.1, 0.15) is 11.9 Å². The van der Waals surface area contributed by atoms with Crippen molar-refractivity contribution in [1.29, 1.82) is 0 Å². The molecule has 1 N–H and O–H groups in total. The molecule has 0 spiro atoms. The highest BCUT2D eigenvalue weighted by molar-refractivity contribution is 5.86. The molecule has 0 saturated carbocycles. The molecule has 0 aliphatic heterocycles. The summed E-state index contributed by atoms with van der Waals surface area (Å²) < 4.78 is 5.27. The molecular formula is C14H20O3. The number of benzene rings is 1. The molecule has 0 aromatic heterocycles. The fourth-order valence-electron chi connectivity index (χ4n) is 1.94. The number of Topliss-reactive ketones (excluding diaryl/α,β-unsaturated/α-hetero) is 1. The van der Waals surface area contributed by atoms with Gasteiger partial charge in [-0.3, -0.25) is 4.79 Å². The van der Waals surface area contributed by atoms with Gasteiger partial charge in [0.15, 0.2) is 5.78 Å². The Bertz CT molecular complexity index is 422. The van der Waals surface area contributed by atoms with Crippen molar-refractivity contribution >= 4 is 5.78 Å². The molecule has 0 amide bonds. The number of methoxy groups -OCH3 is 1. The first kappa shape index (κ1) is 13.7. The van der Waals surface area contributed by atoms with Crippen LogP contribution in [0.3, 0.4) is 0 Å². The van der Waals surface area contributed by atoms with E-state index in [2.05, 4.69) is 0 Å². The molecule has 0 aliphatic rings. The van der Waals surface area contributed by atoms with Crippen molar-refractivity contribution < 1.29 is 14.6 Å². The Hall–Kier alpha value is -1.35. The summed E-state index contributed by atoms with van der Waals surface area (Å²) in [6.45, 7) is 7.39. The second-order valence-electron chi connectivity index (χ2n) is 4.66. The largest absolute Gasteiger partial charge is 0.496 e. The van der Waals surface area contributed by atoms with Crippen molar-refractivity contribution in [2.75, 3.05) is 7.11 Å². The van der Waals surface area contributed by atoms with E-state index in [-0.39, 0.29) is 11.7 Å². The van der Waals surface area contributed by atoms with Crippen molar-refractivity contribution in [2.45, 2.75) is 33.8 Å². The van der Waals surface area contributed by atoms with Crippen LogP contribution in [0.4, 0.5) is 0 Å². The van der Waals surface area contributed by atoms with E-state index in [9.17, 15) is 9.90 Å². The molecule has 3 nitrogen and oxygen atoms in total. The number of rotatable bonds is 4. The van der Waals surface area contributed by atoms with Crippen LogP contribution in [0.5, 0.6) is 5.75 Å². The van der Waals surface area contributed by atoms with Crippen LogP contribution in [0.2, 0.25) is 0 Å². The smallest absolute Gasteiger partial charge is 0.168 e. The second-order valence-corrected chi connectivity index (χ2v) is 4.66. The molecule has 1 aromatic rings. The van der Waals surface area contributed by atoms with E-state index < -0.39 is 6.10 Å². The average molecular weight is 236 g/mol. The summed E-state index contributed by atoms with van der Waals surface area (Å²) in [6.07, 6.45) is -1.11. The summed E-state index contributed by atoms with van der Waals surface area (Å²) in [6, 6.07) is 3.77. The fraction of sp³-hybridized carbons (Fsp3) is 0.500. The number of hydrogen-bond acceptors (Lipinski definition) is 3. The quantitative estimate of drug-likeness (QED) is 0.874. The summed E-state index contributed by atoms with van der Waals surface area (Å²) in [5.41, 5.74) is 2.50. The van der Waals surface area contributed by atoms with Crippen molar-refractivity contribution in [3.8, 4) is 5.75 Å². The number of aliphatic hydroxyl groups is 1. The first-order valence-corrected chi connectivity index (χ1v) is 5.75. The normalized spacial score (nSPS) is 12.6. The monoisotopic (exact) mass is 236 g/mol. The van der Waals surface area contributed by atoms with Gasteiger partial charge in [-0.25, -0.2) is 0 Å². The van der Waals surface area contributed by atoms with E-state index in [1.807, 2.05) is 19.9 Å². The van der Waals surface area contributed by atoms with Crippen molar-refractivity contribution in [2.24, 2.45) is 5.92 Å². The van der Waals surface area contributed by atoms with Gasteiger partial charge in [0, 0.05) is 11.5 Å². The Morgan fingerprint density at radius 3 is 2.35 bits per heavy atom. The first-order valence-electron chi connectivity index (χ1n) is 5.75. The molecule has 1 unspecified atom stereocenters. The van der Waals surface area contributed by atoms with Crippen molar-refractivity contribution in [3.63, 3.8) is 0 Å². The fourth-order valence-corrected chi connectivity index (χ4v) is 1.94. The van der Waals surface area contributed by atoms with E-state index in [1.165, 1.54) is 0 Å². The van der Waals surface area contributed by atoms with Crippen LogP contribution in [0.15, 0.2) is 12.1 Å². The molecule has 3 heteroatoms. The maximum Gasteiger partial charge on any atom is 0.168 e. The molecular weight excluding hydrogens is 216 g/mol. The average Bonchev–Trinajstić information content (AvgIpc) is 2.25. The molecule has 94 valence electrons. The highest BCUT2D eigenvalue weighted by atomic mass is 16.5. The molecule has 0 saturated heterocycles. The van der Waals surface area contributed by atoms with Crippen LogP contribution >= 0.6 is 0 Å². The third kappa shape index (κ3) is 2.86. The molecule has 0 heterocycles. The van der Waals surface area contributed by atoms with Gasteiger partial charge in [0.25, 0.3) is 0 Å². The van der Waals surface area contributed by atoms with Gasteiger partial charge in [-0.15, -0.1) is 0 Å². The lowest BCUT2D eigenvalue weighted by atomic mass is 9.94. The first-order chi connectivity index (χ1) is 7.88. The van der Waals surface area contributed by atoms with Crippen LogP contribution < -0.4 is 4.74 Å². The Labute approximate surface area is 102 Å². The molecule has 1 rings (SSSR count). The maximum atomic E-state index is 11.8. The summed E-state index contributed by atoms with van der Waals surface area (Å²) in [7, 11) is 1.55. The maximum absolute atomic E-state index is 11.8. The Morgan fingerprint density at radius 2 is 1.88 bits per heavy atom. The van der Waals surface area contributed by atoms with Gasteiger partial charge in [-0.05, 0) is 25.5 Å². The standard InChI is InChI=1S/C14H20O3/c1-8(2)12(15)13(16)11-7-9(3)6-10(4)14(11)17-5/h6-8,13,16H,1-5H3. The highest BCUT2D eigenvalue weighted by Crippen LogP contribution is 2.31. The minimum Gasteiger partial charge on any atom is -0.496 e. The van der Waals surface area contributed by atoms with Crippen LogP contribution in [0.25, 0.3) is 0 Å². The lowest BCUT2D eigenvalue weighted by Crippen LogP contribution is -2.18. The zero-order valence-electron chi connectivity index (χ0n) is 11.1. The predicted octanol–water partition coefficient (Wildman–Crippen LogP) is 2.57. The SMILES string of the molecule is COc1c(C)cc(C)cc1C(O)C(=O)C(C)C.